The lowest BCUT2D eigenvalue weighted by Crippen LogP contribution is -2.21. The summed E-state index contributed by atoms with van der Waals surface area (Å²) in [6, 6.07) is 0. The van der Waals surface area contributed by atoms with Crippen LogP contribution in [0.5, 0.6) is 0 Å². The smallest absolute Gasteiger partial charge is 0.173 e. The highest BCUT2D eigenvalue weighted by Crippen LogP contribution is 2.31. The third kappa shape index (κ3) is 3.16. The van der Waals surface area contributed by atoms with Gasteiger partial charge in [0, 0.05) is 18.5 Å². The van der Waals surface area contributed by atoms with E-state index in [0.717, 1.165) is 42.3 Å². The summed E-state index contributed by atoms with van der Waals surface area (Å²) in [5.41, 5.74) is 8.14. The van der Waals surface area contributed by atoms with Crippen LogP contribution in [-0.2, 0) is 4.74 Å². The predicted octanol–water partition coefficient (Wildman–Crippen LogP) is 1.46. The number of nitrogens with zero attached hydrogens (tertiary/aromatic N) is 3. The number of amidine groups is 1. The van der Waals surface area contributed by atoms with Crippen LogP contribution in [0.25, 0.3) is 0 Å². The van der Waals surface area contributed by atoms with Crippen LogP contribution in [0.3, 0.4) is 0 Å². The molecule has 0 radical (unpaired) electrons. The first kappa shape index (κ1) is 14.1. The van der Waals surface area contributed by atoms with Crippen molar-refractivity contribution in [3.63, 3.8) is 0 Å². The topological polar surface area (TPSA) is 93.6 Å². The lowest BCUT2D eigenvalue weighted by molar-refractivity contribution is 0.1000. The Morgan fingerprint density at radius 1 is 1.37 bits per heavy atom. The minimum Gasteiger partial charge on any atom is -0.409 e. The van der Waals surface area contributed by atoms with Gasteiger partial charge in [-0.05, 0) is 32.3 Å². The van der Waals surface area contributed by atoms with Crippen molar-refractivity contribution in [2.45, 2.75) is 37.0 Å². The fourth-order valence-corrected chi connectivity index (χ4v) is 3.18. The first-order valence-electron chi connectivity index (χ1n) is 6.19. The van der Waals surface area contributed by atoms with E-state index in [1.165, 1.54) is 0 Å². The van der Waals surface area contributed by atoms with Gasteiger partial charge in [0.05, 0.1) is 11.3 Å². The molecule has 2 rings (SSSR count). The number of aryl methyl sites for hydroxylation is 1. The zero-order valence-electron chi connectivity index (χ0n) is 11.1. The Morgan fingerprint density at radius 2 is 2.05 bits per heavy atom. The third-order valence-electron chi connectivity index (χ3n) is 3.23. The molecule has 1 aliphatic rings. The quantitative estimate of drug-likeness (QED) is 0.377. The summed E-state index contributed by atoms with van der Waals surface area (Å²) in [5, 5.41) is 21.5. The summed E-state index contributed by atoms with van der Waals surface area (Å²) < 4.78 is 5.34. The van der Waals surface area contributed by atoms with Gasteiger partial charge < -0.3 is 15.7 Å². The minimum atomic E-state index is 0.0880. The molecule has 0 bridgehead atoms. The molecule has 7 heteroatoms. The van der Waals surface area contributed by atoms with E-state index in [-0.39, 0.29) is 5.84 Å². The molecule has 6 nitrogen and oxygen atoms in total. The predicted molar refractivity (Wildman–Crippen MR) is 73.7 cm³/mol. The van der Waals surface area contributed by atoms with Crippen molar-refractivity contribution in [1.82, 2.24) is 10.2 Å². The summed E-state index contributed by atoms with van der Waals surface area (Å²) in [7, 11) is 0. The molecule has 1 aromatic heterocycles. The molecule has 1 aromatic rings. The number of hydrogen-bond donors (Lipinski definition) is 2. The third-order valence-corrected chi connectivity index (χ3v) is 4.55. The van der Waals surface area contributed by atoms with Crippen molar-refractivity contribution >= 4 is 17.6 Å². The molecule has 2 heterocycles. The molecule has 0 aliphatic carbocycles. The van der Waals surface area contributed by atoms with Gasteiger partial charge in [-0.25, -0.2) is 0 Å². The molecule has 19 heavy (non-hydrogen) atoms. The van der Waals surface area contributed by atoms with Crippen LogP contribution in [-0.4, -0.2) is 39.7 Å². The fourth-order valence-electron chi connectivity index (χ4n) is 1.97. The molecule has 104 valence electrons. The number of aromatic nitrogens is 2. The molecule has 0 amide bonds. The van der Waals surface area contributed by atoms with Crippen molar-refractivity contribution in [2.24, 2.45) is 10.9 Å². The van der Waals surface area contributed by atoms with Gasteiger partial charge in [0.2, 0.25) is 0 Å². The number of nitrogens with two attached hydrogens (primary N) is 1. The second kappa shape index (κ2) is 6.21. The number of oxime groups is 1. The van der Waals surface area contributed by atoms with E-state index < -0.39 is 0 Å². The Labute approximate surface area is 116 Å². The summed E-state index contributed by atoms with van der Waals surface area (Å²) in [5.74, 6) is 0.0880. The van der Waals surface area contributed by atoms with Crippen molar-refractivity contribution in [1.29, 1.82) is 0 Å². The van der Waals surface area contributed by atoms with Crippen molar-refractivity contribution < 1.29 is 9.94 Å². The van der Waals surface area contributed by atoms with E-state index in [4.69, 9.17) is 15.7 Å². The maximum absolute atomic E-state index is 8.92. The van der Waals surface area contributed by atoms with E-state index in [9.17, 15) is 0 Å². The van der Waals surface area contributed by atoms with Crippen LogP contribution < -0.4 is 5.73 Å². The molecular weight excluding hydrogens is 264 g/mol. The van der Waals surface area contributed by atoms with Crippen LogP contribution in [0.1, 0.15) is 29.7 Å². The summed E-state index contributed by atoms with van der Waals surface area (Å²) in [4.78, 5) is 0. The summed E-state index contributed by atoms with van der Waals surface area (Å²) >= 11 is 1.63. The highest BCUT2D eigenvalue weighted by Gasteiger charge is 2.21. The Bertz CT molecular complexity index is 487. The lowest BCUT2D eigenvalue weighted by Gasteiger charge is -2.22. The van der Waals surface area contributed by atoms with E-state index >= 15 is 0 Å². The first-order chi connectivity index (χ1) is 9.13. The normalized spacial score (nSPS) is 17.7. The molecule has 1 aliphatic heterocycles. The Balaban J connectivity index is 2.31. The molecule has 0 atom stereocenters. The van der Waals surface area contributed by atoms with Gasteiger partial charge in [0.15, 0.2) is 5.84 Å². The molecule has 0 saturated carbocycles. The second-order valence-electron chi connectivity index (χ2n) is 4.51. The molecule has 1 fully saturated rings. The van der Waals surface area contributed by atoms with Crippen LogP contribution in [0.15, 0.2) is 10.2 Å². The molecular formula is C12H18N4O2S. The zero-order valence-corrected chi connectivity index (χ0v) is 11.9. The Morgan fingerprint density at radius 3 is 2.68 bits per heavy atom. The first-order valence-corrected chi connectivity index (χ1v) is 7.07. The lowest BCUT2D eigenvalue weighted by atomic mass is 10.1. The van der Waals surface area contributed by atoms with Gasteiger partial charge in [-0.2, -0.15) is 5.10 Å². The summed E-state index contributed by atoms with van der Waals surface area (Å²) in [6.07, 6.45) is 1.96. The van der Waals surface area contributed by atoms with Crippen LogP contribution in [0.4, 0.5) is 0 Å². The van der Waals surface area contributed by atoms with Crippen molar-refractivity contribution in [3.8, 4) is 0 Å². The van der Waals surface area contributed by atoms with E-state index in [2.05, 4.69) is 15.4 Å². The van der Waals surface area contributed by atoms with E-state index in [1.54, 1.807) is 11.8 Å². The largest absolute Gasteiger partial charge is 0.409 e. The highest BCUT2D eigenvalue weighted by molar-refractivity contribution is 7.99. The minimum absolute atomic E-state index is 0.0880. The molecule has 0 unspecified atom stereocenters. The Hall–Kier alpha value is -1.34. The molecule has 3 N–H and O–H groups in total. The van der Waals surface area contributed by atoms with Gasteiger partial charge in [-0.3, -0.25) is 0 Å². The van der Waals surface area contributed by atoms with Crippen molar-refractivity contribution in [3.05, 3.63) is 16.8 Å². The summed E-state index contributed by atoms with van der Waals surface area (Å²) in [6.45, 7) is 5.31. The van der Waals surface area contributed by atoms with Gasteiger partial charge in [-0.15, -0.1) is 16.9 Å². The average Bonchev–Trinajstić information content (AvgIpc) is 2.44. The van der Waals surface area contributed by atoms with Gasteiger partial charge in [-0.1, -0.05) is 5.16 Å². The van der Waals surface area contributed by atoms with Crippen LogP contribution >= 0.6 is 11.8 Å². The van der Waals surface area contributed by atoms with E-state index in [1.807, 2.05) is 13.8 Å². The SMILES string of the molecule is Cc1nnc(SC2CCOCC2)c(C(N)=NO)c1C. The maximum Gasteiger partial charge on any atom is 0.173 e. The second-order valence-corrected chi connectivity index (χ2v) is 5.79. The van der Waals surface area contributed by atoms with Crippen LogP contribution in [0.2, 0.25) is 0 Å². The number of rotatable bonds is 3. The average molecular weight is 282 g/mol. The van der Waals surface area contributed by atoms with Gasteiger partial charge in [0.1, 0.15) is 5.03 Å². The Kier molecular flexibility index (Phi) is 4.60. The van der Waals surface area contributed by atoms with Crippen LogP contribution in [0, 0.1) is 13.8 Å². The number of ether oxygens (including phenoxy) is 1. The molecule has 0 spiro atoms. The zero-order chi connectivity index (χ0) is 13.8. The van der Waals surface area contributed by atoms with Gasteiger partial charge in [0.25, 0.3) is 0 Å². The fraction of sp³-hybridized carbons (Fsp3) is 0.583. The number of thioether (sulfide) groups is 1. The maximum atomic E-state index is 8.92. The monoisotopic (exact) mass is 282 g/mol. The molecule has 0 aromatic carbocycles. The van der Waals surface area contributed by atoms with E-state index in [0.29, 0.717) is 10.8 Å². The standard InChI is InChI=1S/C12H18N4O2S/c1-7-8(2)14-15-12(10(7)11(13)16-17)19-9-3-5-18-6-4-9/h9,17H,3-6H2,1-2H3,(H2,13,16). The number of hydrogen-bond acceptors (Lipinski definition) is 6. The highest BCUT2D eigenvalue weighted by atomic mass is 32.2. The van der Waals surface area contributed by atoms with Gasteiger partial charge >= 0.3 is 0 Å². The van der Waals surface area contributed by atoms with Crippen molar-refractivity contribution in [2.75, 3.05) is 13.2 Å². The molecule has 1 saturated heterocycles.